The number of aryl methyl sites for hydroxylation is 1. The minimum absolute atomic E-state index is 0.167. The lowest BCUT2D eigenvalue weighted by atomic mass is 9.94. The van der Waals surface area contributed by atoms with Gasteiger partial charge in [-0.25, -0.2) is 8.78 Å². The van der Waals surface area contributed by atoms with E-state index in [2.05, 4.69) is 15.6 Å². The number of nitrogens with one attached hydrogen (secondary N) is 3. The van der Waals surface area contributed by atoms with Gasteiger partial charge in [-0.3, -0.25) is 9.59 Å². The van der Waals surface area contributed by atoms with Crippen molar-refractivity contribution in [2.45, 2.75) is 31.7 Å². The number of carbonyl (C=O) groups excluding carboxylic acids is 2. The van der Waals surface area contributed by atoms with Crippen LogP contribution in [0.5, 0.6) is 5.75 Å². The van der Waals surface area contributed by atoms with Crippen molar-refractivity contribution in [3.63, 3.8) is 0 Å². The Hall–Kier alpha value is -4.24. The van der Waals surface area contributed by atoms with Crippen LogP contribution in [0.4, 0.5) is 8.78 Å². The maximum absolute atomic E-state index is 14.5. The Labute approximate surface area is 224 Å². The average molecular weight is 534 g/mol. The van der Waals surface area contributed by atoms with E-state index >= 15 is 0 Å². The normalized spacial score (nSPS) is 13.7. The summed E-state index contributed by atoms with van der Waals surface area (Å²) in [6.07, 6.45) is 4.37. The SMILES string of the molecule is CNC(=O)c1cc(F)cc(-c2cc3c(c(C(=O)NC(CO)Cc4c[nH]c5ccc(F)cc45)c2)OCCCC3)c1. The van der Waals surface area contributed by atoms with Gasteiger partial charge in [0.05, 0.1) is 24.8 Å². The van der Waals surface area contributed by atoms with Gasteiger partial charge in [0.25, 0.3) is 11.8 Å². The fourth-order valence-corrected chi connectivity index (χ4v) is 5.01. The van der Waals surface area contributed by atoms with Gasteiger partial charge >= 0.3 is 0 Å². The first-order valence-corrected chi connectivity index (χ1v) is 12.9. The molecule has 1 atom stereocenters. The summed E-state index contributed by atoms with van der Waals surface area (Å²) >= 11 is 0. The number of carbonyl (C=O) groups is 2. The monoisotopic (exact) mass is 533 g/mol. The molecule has 0 radical (unpaired) electrons. The van der Waals surface area contributed by atoms with Crippen molar-refractivity contribution in [3.8, 4) is 16.9 Å². The molecule has 1 aromatic heterocycles. The number of benzene rings is 3. The molecule has 202 valence electrons. The van der Waals surface area contributed by atoms with Gasteiger partial charge in [-0.2, -0.15) is 0 Å². The van der Waals surface area contributed by atoms with Crippen molar-refractivity contribution in [1.29, 1.82) is 0 Å². The van der Waals surface area contributed by atoms with Gasteiger partial charge in [0.1, 0.15) is 17.4 Å². The second-order valence-corrected chi connectivity index (χ2v) is 9.69. The molecule has 7 nitrogen and oxygen atoms in total. The number of fused-ring (bicyclic) bond motifs is 2. The van der Waals surface area contributed by atoms with Gasteiger partial charge in [0, 0.05) is 29.7 Å². The van der Waals surface area contributed by atoms with E-state index in [1.54, 1.807) is 24.4 Å². The van der Waals surface area contributed by atoms with Crippen molar-refractivity contribution in [1.82, 2.24) is 15.6 Å². The van der Waals surface area contributed by atoms with Crippen LogP contribution in [0, 0.1) is 11.6 Å². The third-order valence-corrected chi connectivity index (χ3v) is 6.97. The van der Waals surface area contributed by atoms with Gasteiger partial charge in [-0.1, -0.05) is 0 Å². The highest BCUT2D eigenvalue weighted by Crippen LogP contribution is 2.35. The standard InChI is InChI=1S/C30H29F2N3O4/c1-33-29(37)20-9-18(10-23(32)11-20)19-8-17-4-2-3-7-39-28(17)26(13-19)30(38)35-24(16-36)12-21-15-34-27-6-5-22(31)14-25(21)27/h5-6,8-11,13-15,24,34,36H,2-4,7,12,16H2,1H3,(H,33,37)(H,35,38). The highest BCUT2D eigenvalue weighted by Gasteiger charge is 2.24. The number of amides is 2. The fourth-order valence-electron chi connectivity index (χ4n) is 5.01. The first-order chi connectivity index (χ1) is 18.9. The fraction of sp³-hybridized carbons (Fsp3) is 0.267. The second-order valence-electron chi connectivity index (χ2n) is 9.69. The number of aromatic nitrogens is 1. The lowest BCUT2D eigenvalue weighted by Crippen LogP contribution is -2.39. The molecular weight excluding hydrogens is 504 g/mol. The third kappa shape index (κ3) is 5.63. The predicted octanol–water partition coefficient (Wildman–Crippen LogP) is 4.52. The van der Waals surface area contributed by atoms with E-state index in [0.717, 1.165) is 35.6 Å². The van der Waals surface area contributed by atoms with Crippen LogP contribution < -0.4 is 15.4 Å². The minimum Gasteiger partial charge on any atom is -0.492 e. The van der Waals surface area contributed by atoms with E-state index in [1.165, 1.54) is 25.2 Å². The molecule has 1 aliphatic rings. The van der Waals surface area contributed by atoms with Crippen LogP contribution in [0.1, 0.15) is 44.7 Å². The van der Waals surface area contributed by atoms with Crippen molar-refractivity contribution in [3.05, 3.63) is 88.6 Å². The topological polar surface area (TPSA) is 103 Å². The lowest BCUT2D eigenvalue weighted by Gasteiger charge is -2.20. The summed E-state index contributed by atoms with van der Waals surface area (Å²) < 4.78 is 34.3. The molecule has 2 heterocycles. The van der Waals surface area contributed by atoms with Gasteiger partial charge in [-0.15, -0.1) is 0 Å². The molecule has 0 fully saturated rings. The zero-order chi connectivity index (χ0) is 27.5. The van der Waals surface area contributed by atoms with Gasteiger partial charge in [-0.05, 0) is 96.5 Å². The minimum atomic E-state index is -0.654. The Balaban J connectivity index is 1.49. The second kappa shape index (κ2) is 11.2. The summed E-state index contributed by atoms with van der Waals surface area (Å²) in [6, 6.07) is 11.3. The number of H-pyrrole nitrogens is 1. The molecule has 39 heavy (non-hydrogen) atoms. The quantitative estimate of drug-likeness (QED) is 0.281. The number of aliphatic hydroxyl groups excluding tert-OH is 1. The Bertz CT molecular complexity index is 1550. The summed E-state index contributed by atoms with van der Waals surface area (Å²) in [5, 5.41) is 16.2. The molecule has 4 N–H and O–H groups in total. The molecule has 9 heteroatoms. The zero-order valence-corrected chi connectivity index (χ0v) is 21.4. The van der Waals surface area contributed by atoms with E-state index in [4.69, 9.17) is 4.74 Å². The number of hydrogen-bond acceptors (Lipinski definition) is 4. The van der Waals surface area contributed by atoms with Crippen LogP contribution in [-0.4, -0.2) is 48.2 Å². The van der Waals surface area contributed by atoms with E-state index < -0.39 is 23.7 Å². The summed E-state index contributed by atoms with van der Waals surface area (Å²) in [4.78, 5) is 28.9. The summed E-state index contributed by atoms with van der Waals surface area (Å²) in [6.45, 7) is 0.119. The van der Waals surface area contributed by atoms with Crippen molar-refractivity contribution < 1.29 is 28.2 Å². The largest absolute Gasteiger partial charge is 0.492 e. The third-order valence-electron chi connectivity index (χ3n) is 6.97. The first-order valence-electron chi connectivity index (χ1n) is 12.9. The van der Waals surface area contributed by atoms with Crippen molar-refractivity contribution >= 4 is 22.7 Å². The van der Waals surface area contributed by atoms with Crippen molar-refractivity contribution in [2.75, 3.05) is 20.3 Å². The van der Waals surface area contributed by atoms with Crippen LogP contribution in [0.15, 0.2) is 54.7 Å². The predicted molar refractivity (Wildman–Crippen MR) is 144 cm³/mol. The number of aliphatic hydroxyl groups is 1. The number of ether oxygens (including phenoxy) is 1. The van der Waals surface area contributed by atoms with Gasteiger partial charge in [0.2, 0.25) is 0 Å². The van der Waals surface area contributed by atoms with Crippen molar-refractivity contribution in [2.24, 2.45) is 0 Å². The van der Waals surface area contributed by atoms with E-state index in [-0.39, 0.29) is 30.0 Å². The molecule has 0 saturated carbocycles. The number of rotatable bonds is 7. The average Bonchev–Trinajstić information content (AvgIpc) is 3.16. The molecule has 1 aliphatic heterocycles. The van der Waals surface area contributed by atoms with Crippen LogP contribution in [0.3, 0.4) is 0 Å². The van der Waals surface area contributed by atoms with Gasteiger partial charge < -0.3 is 25.5 Å². The number of aromatic amines is 1. The maximum Gasteiger partial charge on any atom is 0.255 e. The highest BCUT2D eigenvalue weighted by atomic mass is 19.1. The molecule has 2 amide bonds. The number of hydrogen-bond donors (Lipinski definition) is 4. The van der Waals surface area contributed by atoms with Crippen LogP contribution in [0.2, 0.25) is 0 Å². The van der Waals surface area contributed by atoms with Crippen LogP contribution >= 0.6 is 0 Å². The summed E-state index contributed by atoms with van der Waals surface area (Å²) in [5.74, 6) is -1.36. The molecule has 0 bridgehead atoms. The first kappa shape index (κ1) is 26.4. The molecule has 4 aromatic rings. The Morgan fingerprint density at radius 3 is 2.64 bits per heavy atom. The zero-order valence-electron chi connectivity index (χ0n) is 21.4. The van der Waals surface area contributed by atoms with E-state index in [9.17, 15) is 23.5 Å². The Kier molecular flexibility index (Phi) is 7.60. The van der Waals surface area contributed by atoms with E-state index in [0.29, 0.717) is 35.3 Å². The Morgan fingerprint density at radius 2 is 1.85 bits per heavy atom. The molecule has 0 saturated heterocycles. The molecule has 0 spiro atoms. The van der Waals surface area contributed by atoms with Crippen LogP contribution in [-0.2, 0) is 12.8 Å². The molecule has 0 aliphatic carbocycles. The maximum atomic E-state index is 14.5. The van der Waals surface area contributed by atoms with Crippen LogP contribution in [0.25, 0.3) is 22.0 Å². The highest BCUT2D eigenvalue weighted by molar-refractivity contribution is 6.00. The van der Waals surface area contributed by atoms with E-state index in [1.807, 2.05) is 6.07 Å². The molecular formula is C30H29F2N3O4. The van der Waals surface area contributed by atoms with Gasteiger partial charge in [0.15, 0.2) is 0 Å². The molecule has 5 rings (SSSR count). The summed E-state index contributed by atoms with van der Waals surface area (Å²) in [7, 11) is 1.47. The lowest BCUT2D eigenvalue weighted by molar-refractivity contribution is 0.0911. The number of halogens is 2. The molecule has 1 unspecified atom stereocenters. The summed E-state index contributed by atoms with van der Waals surface area (Å²) in [5.41, 5.74) is 3.78. The Morgan fingerprint density at radius 1 is 1.03 bits per heavy atom. The molecule has 3 aromatic carbocycles. The smallest absolute Gasteiger partial charge is 0.255 e.